The van der Waals surface area contributed by atoms with Crippen LogP contribution in [0.2, 0.25) is 0 Å². The summed E-state index contributed by atoms with van der Waals surface area (Å²) in [6, 6.07) is 2.08. The molecule has 0 aliphatic heterocycles. The van der Waals surface area contributed by atoms with Gasteiger partial charge in [-0.05, 0) is 12.1 Å². The van der Waals surface area contributed by atoms with Crippen molar-refractivity contribution < 1.29 is 27.4 Å². The van der Waals surface area contributed by atoms with E-state index in [-0.39, 0.29) is 10.8 Å². The van der Waals surface area contributed by atoms with Gasteiger partial charge in [-0.3, -0.25) is 4.98 Å². The van der Waals surface area contributed by atoms with Crippen LogP contribution in [0.4, 0.5) is 13.2 Å². The summed E-state index contributed by atoms with van der Waals surface area (Å²) in [5, 5.41) is 0.313. The molecule has 0 bridgehead atoms. The van der Waals surface area contributed by atoms with Gasteiger partial charge in [0, 0.05) is 11.8 Å². The first-order valence-electron chi connectivity index (χ1n) is 5.53. The van der Waals surface area contributed by atoms with Crippen molar-refractivity contribution in [2.75, 3.05) is 14.2 Å². The van der Waals surface area contributed by atoms with Gasteiger partial charge >= 0.3 is 12.1 Å². The molecular weight excluding hydrogens is 309 g/mol. The normalized spacial score (nSPS) is 11.3. The molecule has 0 radical (unpaired) electrons. The number of thiazole rings is 1. The number of ether oxygens (including phenoxy) is 2. The van der Waals surface area contributed by atoms with Gasteiger partial charge in [0.2, 0.25) is 5.88 Å². The molecule has 5 nitrogen and oxygen atoms in total. The summed E-state index contributed by atoms with van der Waals surface area (Å²) >= 11 is 0.951. The van der Waals surface area contributed by atoms with E-state index in [1.54, 1.807) is 0 Å². The smallest absolute Gasteiger partial charge is 0.433 e. The van der Waals surface area contributed by atoms with Gasteiger partial charge in [-0.2, -0.15) is 13.2 Å². The van der Waals surface area contributed by atoms with Crippen LogP contribution in [0.15, 0.2) is 18.3 Å². The molecule has 0 aliphatic carbocycles. The van der Waals surface area contributed by atoms with Gasteiger partial charge in [-0.1, -0.05) is 0 Å². The van der Waals surface area contributed by atoms with Crippen LogP contribution in [0.1, 0.15) is 15.4 Å². The van der Waals surface area contributed by atoms with Crippen molar-refractivity contribution in [3.63, 3.8) is 0 Å². The van der Waals surface area contributed by atoms with Crippen LogP contribution in [0.3, 0.4) is 0 Å². The Bertz CT molecular complexity index is 653. The van der Waals surface area contributed by atoms with Gasteiger partial charge in [-0.15, -0.1) is 11.3 Å². The van der Waals surface area contributed by atoms with Gasteiger partial charge in [0.15, 0.2) is 4.88 Å². The number of methoxy groups -OCH3 is 2. The SMILES string of the molecule is COC(=O)c1sc(-c2ccc(C(F)(F)F)nc2)nc1OC. The first-order valence-corrected chi connectivity index (χ1v) is 6.35. The van der Waals surface area contributed by atoms with Crippen molar-refractivity contribution in [3.05, 3.63) is 28.9 Å². The number of esters is 1. The number of alkyl halides is 3. The summed E-state index contributed by atoms with van der Waals surface area (Å²) < 4.78 is 46.8. The Labute approximate surface area is 121 Å². The third kappa shape index (κ3) is 3.13. The lowest BCUT2D eigenvalue weighted by Gasteiger charge is -2.05. The van der Waals surface area contributed by atoms with E-state index in [2.05, 4.69) is 14.7 Å². The quantitative estimate of drug-likeness (QED) is 0.814. The van der Waals surface area contributed by atoms with Crippen LogP contribution in [0.25, 0.3) is 10.6 Å². The molecule has 21 heavy (non-hydrogen) atoms. The van der Waals surface area contributed by atoms with E-state index in [1.807, 2.05) is 0 Å². The van der Waals surface area contributed by atoms with Crippen molar-refractivity contribution in [1.82, 2.24) is 9.97 Å². The van der Waals surface area contributed by atoms with Crippen molar-refractivity contribution in [2.45, 2.75) is 6.18 Å². The zero-order valence-corrected chi connectivity index (χ0v) is 11.7. The number of rotatable bonds is 3. The highest BCUT2D eigenvalue weighted by molar-refractivity contribution is 7.17. The Morgan fingerprint density at radius 3 is 2.48 bits per heavy atom. The second kappa shape index (κ2) is 5.68. The molecule has 0 unspecified atom stereocenters. The molecule has 9 heteroatoms. The summed E-state index contributed by atoms with van der Waals surface area (Å²) in [7, 11) is 2.54. The van der Waals surface area contributed by atoms with Crippen molar-refractivity contribution >= 4 is 17.3 Å². The molecule has 2 heterocycles. The van der Waals surface area contributed by atoms with Crippen LogP contribution in [0, 0.1) is 0 Å². The maximum absolute atomic E-state index is 12.4. The van der Waals surface area contributed by atoms with Crippen LogP contribution in [-0.2, 0) is 10.9 Å². The fraction of sp³-hybridized carbons (Fsp3) is 0.250. The fourth-order valence-electron chi connectivity index (χ4n) is 1.48. The van der Waals surface area contributed by atoms with Gasteiger partial charge in [0.05, 0.1) is 14.2 Å². The summed E-state index contributed by atoms with van der Waals surface area (Å²) in [4.78, 5) is 19.0. The average Bonchev–Trinajstić information content (AvgIpc) is 2.90. The zero-order valence-electron chi connectivity index (χ0n) is 10.9. The molecule has 2 rings (SSSR count). The maximum atomic E-state index is 12.4. The van der Waals surface area contributed by atoms with Crippen LogP contribution in [0.5, 0.6) is 5.88 Å². The first-order chi connectivity index (χ1) is 9.86. The highest BCUT2D eigenvalue weighted by atomic mass is 32.1. The Morgan fingerprint density at radius 2 is 2.00 bits per heavy atom. The summed E-state index contributed by atoms with van der Waals surface area (Å²) in [6.45, 7) is 0. The zero-order chi connectivity index (χ0) is 15.6. The van der Waals surface area contributed by atoms with Gasteiger partial charge < -0.3 is 9.47 Å². The van der Waals surface area contributed by atoms with E-state index in [4.69, 9.17) is 4.74 Å². The first kappa shape index (κ1) is 15.2. The van der Waals surface area contributed by atoms with E-state index >= 15 is 0 Å². The topological polar surface area (TPSA) is 61.3 Å². The fourth-order valence-corrected chi connectivity index (χ4v) is 2.42. The number of pyridine rings is 1. The molecule has 0 saturated heterocycles. The number of carbonyl (C=O) groups is 1. The number of carbonyl (C=O) groups excluding carboxylic acids is 1. The van der Waals surface area contributed by atoms with Crippen LogP contribution >= 0.6 is 11.3 Å². The lowest BCUT2D eigenvalue weighted by atomic mass is 10.2. The predicted octanol–water partition coefficient (Wildman–Crippen LogP) is 3.02. The molecule has 0 spiro atoms. The number of aromatic nitrogens is 2. The lowest BCUT2D eigenvalue weighted by Crippen LogP contribution is -2.07. The van der Waals surface area contributed by atoms with Gasteiger partial charge in [0.1, 0.15) is 10.7 Å². The predicted molar refractivity (Wildman–Crippen MR) is 68.2 cm³/mol. The molecule has 0 atom stereocenters. The Kier molecular flexibility index (Phi) is 4.12. The molecule has 0 fully saturated rings. The second-order valence-electron chi connectivity index (χ2n) is 3.78. The van der Waals surface area contributed by atoms with Crippen molar-refractivity contribution in [3.8, 4) is 16.5 Å². The third-order valence-electron chi connectivity index (χ3n) is 2.46. The third-order valence-corrected chi connectivity index (χ3v) is 3.53. The number of nitrogens with zero attached hydrogens (tertiary/aromatic N) is 2. The molecule has 0 N–H and O–H groups in total. The second-order valence-corrected chi connectivity index (χ2v) is 4.78. The molecular formula is C12H9F3N2O3S. The lowest BCUT2D eigenvalue weighted by molar-refractivity contribution is -0.141. The van der Waals surface area contributed by atoms with E-state index in [9.17, 15) is 18.0 Å². The average molecular weight is 318 g/mol. The number of hydrogen-bond acceptors (Lipinski definition) is 6. The largest absolute Gasteiger partial charge is 0.480 e. The summed E-state index contributed by atoms with van der Waals surface area (Å²) in [5.41, 5.74) is -0.649. The van der Waals surface area contributed by atoms with E-state index in [0.717, 1.165) is 23.6 Å². The molecule has 2 aromatic rings. The number of halogens is 3. The van der Waals surface area contributed by atoms with E-state index < -0.39 is 17.8 Å². The standard InChI is InChI=1S/C12H9F3N2O3S/c1-19-9-8(11(18)20-2)21-10(17-9)6-3-4-7(16-5-6)12(13,14)15/h3-5H,1-2H3. The van der Waals surface area contributed by atoms with Crippen molar-refractivity contribution in [2.24, 2.45) is 0 Å². The Morgan fingerprint density at radius 1 is 1.29 bits per heavy atom. The minimum atomic E-state index is -4.50. The van der Waals surface area contributed by atoms with E-state index in [0.29, 0.717) is 10.6 Å². The van der Waals surface area contributed by atoms with Crippen LogP contribution in [-0.4, -0.2) is 30.2 Å². The molecule has 0 saturated carbocycles. The highest BCUT2D eigenvalue weighted by Gasteiger charge is 2.32. The molecule has 2 aromatic heterocycles. The maximum Gasteiger partial charge on any atom is 0.433 e. The van der Waals surface area contributed by atoms with Crippen LogP contribution < -0.4 is 4.74 Å². The molecule has 0 aliphatic rings. The minimum absolute atomic E-state index is 0.0572. The Balaban J connectivity index is 2.38. The summed E-state index contributed by atoms with van der Waals surface area (Å²) in [6.07, 6.45) is -3.46. The monoisotopic (exact) mass is 318 g/mol. The van der Waals surface area contributed by atoms with E-state index in [1.165, 1.54) is 20.3 Å². The molecule has 0 amide bonds. The highest BCUT2D eigenvalue weighted by Crippen LogP contribution is 2.34. The van der Waals surface area contributed by atoms with Gasteiger partial charge in [-0.25, -0.2) is 9.78 Å². The summed E-state index contributed by atoms with van der Waals surface area (Å²) in [5.74, 6) is -0.572. The Hall–Kier alpha value is -2.16. The minimum Gasteiger partial charge on any atom is -0.480 e. The van der Waals surface area contributed by atoms with Gasteiger partial charge in [0.25, 0.3) is 0 Å². The molecule has 0 aromatic carbocycles. The number of hydrogen-bond donors (Lipinski definition) is 0. The van der Waals surface area contributed by atoms with Crippen molar-refractivity contribution in [1.29, 1.82) is 0 Å². The molecule has 112 valence electrons.